The molecule has 0 aromatic rings. The van der Waals surface area contributed by atoms with E-state index >= 15 is 0 Å². The molecule has 7 heavy (non-hydrogen) atoms. The van der Waals surface area contributed by atoms with Crippen molar-refractivity contribution in [3.8, 4) is 0 Å². The second kappa shape index (κ2) is 2.39. The van der Waals surface area contributed by atoms with E-state index < -0.39 is 15.5 Å². The standard InChI is InChI=1S/C2H5BrCl2Si2/c3-6-1-7(5)2(6)4/h2,6-7H,1H2. The predicted octanol–water partition coefficient (Wildman–Crippen LogP) is 1.31. The summed E-state index contributed by atoms with van der Waals surface area (Å²) in [6.45, 7) is 0. The van der Waals surface area contributed by atoms with Crippen molar-refractivity contribution in [3.63, 3.8) is 0 Å². The van der Waals surface area contributed by atoms with Gasteiger partial charge in [-0.15, -0.1) is 26.9 Å². The second-order valence-corrected chi connectivity index (χ2v) is 14.4. The maximum atomic E-state index is 5.81. The van der Waals surface area contributed by atoms with Gasteiger partial charge in [-0.1, -0.05) is 0 Å². The monoisotopic (exact) mass is 234 g/mol. The van der Waals surface area contributed by atoms with E-state index in [4.69, 9.17) is 22.7 Å². The third-order valence-electron chi connectivity index (χ3n) is 1.14. The Kier molecular flexibility index (Phi) is 2.26. The second-order valence-electron chi connectivity index (χ2n) is 1.71. The van der Waals surface area contributed by atoms with Crippen LogP contribution in [0.15, 0.2) is 0 Å². The first-order valence-electron chi connectivity index (χ1n) is 2.14. The van der Waals surface area contributed by atoms with Crippen molar-refractivity contribution in [2.75, 3.05) is 0 Å². The molecular formula is C2H5BrCl2Si2. The normalized spacial score (nSPS) is 51.0. The molecule has 0 nitrogen and oxygen atoms in total. The molecule has 1 aliphatic heterocycles. The number of hydrogen-bond acceptors (Lipinski definition) is 0. The van der Waals surface area contributed by atoms with Crippen molar-refractivity contribution < 1.29 is 0 Å². The summed E-state index contributed by atoms with van der Waals surface area (Å²) in [6.07, 6.45) is 0. The smallest absolute Gasteiger partial charge is 0.154 e. The molecule has 0 saturated carbocycles. The van der Waals surface area contributed by atoms with Crippen molar-refractivity contribution in [2.24, 2.45) is 0 Å². The van der Waals surface area contributed by atoms with Crippen molar-refractivity contribution >= 4 is 53.5 Å². The van der Waals surface area contributed by atoms with Crippen molar-refractivity contribution in [3.05, 3.63) is 0 Å². The molecule has 0 aromatic heterocycles. The zero-order valence-electron chi connectivity index (χ0n) is 3.57. The molecule has 1 saturated heterocycles. The molecule has 0 amide bonds. The Morgan fingerprint density at radius 3 is 2.29 bits per heavy atom. The van der Waals surface area contributed by atoms with E-state index in [9.17, 15) is 0 Å². The van der Waals surface area contributed by atoms with Crippen LogP contribution in [-0.2, 0) is 0 Å². The van der Waals surface area contributed by atoms with Crippen molar-refractivity contribution in [1.29, 1.82) is 0 Å². The summed E-state index contributed by atoms with van der Waals surface area (Å²) in [6, 6.07) is 0. The molecular weight excluding hydrogens is 231 g/mol. The molecule has 0 N–H and O–H groups in total. The molecule has 0 aliphatic carbocycles. The van der Waals surface area contributed by atoms with E-state index in [0.717, 1.165) is 0 Å². The topological polar surface area (TPSA) is 0 Å². The van der Waals surface area contributed by atoms with Gasteiger partial charge in [0.1, 0.15) is 7.42 Å². The maximum Gasteiger partial charge on any atom is 0.154 e. The molecule has 1 rings (SSSR count). The predicted molar refractivity (Wildman–Crippen MR) is 43.5 cm³/mol. The van der Waals surface area contributed by atoms with Crippen LogP contribution in [0.1, 0.15) is 0 Å². The molecule has 3 atom stereocenters. The summed E-state index contributed by atoms with van der Waals surface area (Å²) in [5.41, 5.74) is 1.29. The van der Waals surface area contributed by atoms with Gasteiger partial charge in [0.15, 0.2) is 8.11 Å². The molecule has 5 heteroatoms. The van der Waals surface area contributed by atoms with Gasteiger partial charge in [-0.05, 0) is 5.67 Å². The van der Waals surface area contributed by atoms with E-state index in [-0.39, 0.29) is 0 Å². The lowest BCUT2D eigenvalue weighted by atomic mass is 11.7. The third kappa shape index (κ3) is 1.24. The molecule has 1 fully saturated rings. The lowest BCUT2D eigenvalue weighted by Gasteiger charge is -2.29. The highest BCUT2D eigenvalue weighted by atomic mass is 79.9. The highest BCUT2D eigenvalue weighted by Gasteiger charge is 2.39. The van der Waals surface area contributed by atoms with Crippen LogP contribution >= 0.6 is 38.0 Å². The first-order chi connectivity index (χ1) is 3.22. The maximum absolute atomic E-state index is 5.81. The van der Waals surface area contributed by atoms with Gasteiger partial charge >= 0.3 is 0 Å². The first-order valence-corrected chi connectivity index (χ1v) is 10.5. The van der Waals surface area contributed by atoms with Crippen molar-refractivity contribution in [1.82, 2.24) is 0 Å². The minimum absolute atomic E-state index is 0.432. The number of halogens is 3. The Bertz CT molecular complexity index is 72.1. The molecule has 1 heterocycles. The van der Waals surface area contributed by atoms with Crippen LogP contribution in [0.2, 0.25) is 5.67 Å². The van der Waals surface area contributed by atoms with Crippen LogP contribution in [0.4, 0.5) is 0 Å². The van der Waals surface area contributed by atoms with Crippen LogP contribution < -0.4 is 0 Å². The zero-order chi connectivity index (χ0) is 5.44. The Morgan fingerprint density at radius 1 is 1.71 bits per heavy atom. The Balaban J connectivity index is 2.29. The number of rotatable bonds is 0. The van der Waals surface area contributed by atoms with Gasteiger partial charge in [-0.3, -0.25) is 0 Å². The van der Waals surface area contributed by atoms with Gasteiger partial charge < -0.3 is 0 Å². The molecule has 0 bridgehead atoms. The number of alkyl halides is 1. The molecule has 0 aromatic carbocycles. The fourth-order valence-electron chi connectivity index (χ4n) is 0.506. The third-order valence-corrected chi connectivity index (χ3v) is 22.0. The minimum Gasteiger partial charge on any atom is -0.171 e. The molecule has 3 unspecified atom stereocenters. The van der Waals surface area contributed by atoms with Gasteiger partial charge in [-0.25, -0.2) is 0 Å². The fourth-order valence-corrected chi connectivity index (χ4v) is 20.2. The highest BCUT2D eigenvalue weighted by molar-refractivity contribution is 9.25. The fraction of sp³-hybridized carbons (Fsp3) is 1.00. The summed E-state index contributed by atoms with van der Waals surface area (Å²) in [5, 5.41) is 0. The van der Waals surface area contributed by atoms with Crippen molar-refractivity contribution in [2.45, 2.75) is 10.3 Å². The lowest BCUT2D eigenvalue weighted by molar-refractivity contribution is 1.58. The van der Waals surface area contributed by atoms with Gasteiger partial charge in [-0.2, -0.15) is 11.1 Å². The summed E-state index contributed by atoms with van der Waals surface area (Å²) >= 11 is 15.1. The molecule has 1 aliphatic rings. The average molecular weight is 236 g/mol. The summed E-state index contributed by atoms with van der Waals surface area (Å²) in [5.74, 6) is 0. The van der Waals surface area contributed by atoms with Gasteiger partial charge in [0, 0.05) is 4.62 Å². The Morgan fingerprint density at radius 2 is 2.29 bits per heavy atom. The first kappa shape index (κ1) is 6.61. The highest BCUT2D eigenvalue weighted by Crippen LogP contribution is 2.30. The summed E-state index contributed by atoms with van der Waals surface area (Å²) in [4.78, 5) is 0. The van der Waals surface area contributed by atoms with E-state index in [1.54, 1.807) is 0 Å². The van der Waals surface area contributed by atoms with Crippen LogP contribution in [-0.4, -0.2) is 20.1 Å². The van der Waals surface area contributed by atoms with Crippen LogP contribution in [0.25, 0.3) is 0 Å². The van der Waals surface area contributed by atoms with Crippen LogP contribution in [0, 0.1) is 0 Å². The van der Waals surface area contributed by atoms with E-state index in [1.165, 1.54) is 5.67 Å². The zero-order valence-corrected chi connectivity index (χ0v) is 8.98. The molecule has 0 radical (unpaired) electrons. The van der Waals surface area contributed by atoms with Gasteiger partial charge in [0.2, 0.25) is 0 Å². The van der Waals surface area contributed by atoms with E-state index in [0.29, 0.717) is 4.62 Å². The van der Waals surface area contributed by atoms with Gasteiger partial charge in [0.05, 0.1) is 0 Å². The van der Waals surface area contributed by atoms with Crippen LogP contribution in [0.5, 0.6) is 0 Å². The summed E-state index contributed by atoms with van der Waals surface area (Å²) in [7, 11) is -1.48. The van der Waals surface area contributed by atoms with E-state index in [1.807, 2.05) is 0 Å². The average Bonchev–Trinajstić information content (AvgIpc) is 1.68. The largest absolute Gasteiger partial charge is 0.171 e. The molecule has 0 spiro atoms. The van der Waals surface area contributed by atoms with Crippen LogP contribution in [0.3, 0.4) is 0 Å². The Labute approximate surface area is 63.7 Å². The quantitative estimate of drug-likeness (QED) is 0.338. The lowest BCUT2D eigenvalue weighted by Crippen LogP contribution is -2.46. The summed E-state index contributed by atoms with van der Waals surface area (Å²) < 4.78 is 0.432. The van der Waals surface area contributed by atoms with E-state index in [2.05, 4.69) is 15.3 Å². The Hall–Kier alpha value is 1.49. The SMILES string of the molecule is ClC1[SiH](Cl)C[SiH]1Br. The van der Waals surface area contributed by atoms with Gasteiger partial charge in [0.25, 0.3) is 0 Å². The minimum atomic E-state index is -0.869. The number of hydrogen-bond donors (Lipinski definition) is 0. The molecule has 42 valence electrons.